The van der Waals surface area contributed by atoms with Gasteiger partial charge in [-0.2, -0.15) is 0 Å². The van der Waals surface area contributed by atoms with Crippen LogP contribution in [-0.2, 0) is 16.8 Å². The largest absolute Gasteiger partial charge is 0.497 e. The third kappa shape index (κ3) is 7.95. The van der Waals surface area contributed by atoms with Crippen LogP contribution in [0.15, 0.2) is 54.6 Å². The summed E-state index contributed by atoms with van der Waals surface area (Å²) in [6.07, 6.45) is 12.8. The molecule has 4 heteroatoms. The molecule has 0 aliphatic heterocycles. The Balaban J connectivity index is 1.62. The van der Waals surface area contributed by atoms with Gasteiger partial charge in [-0.15, -0.1) is 0 Å². The summed E-state index contributed by atoms with van der Waals surface area (Å²) in [6, 6.07) is 19.4. The fourth-order valence-corrected chi connectivity index (χ4v) is 7.67. The van der Waals surface area contributed by atoms with Gasteiger partial charge in [-0.3, -0.25) is 4.79 Å². The van der Waals surface area contributed by atoms with Crippen LogP contribution in [0.2, 0.25) is 0 Å². The fraction of sp³-hybridized carbons (Fsp3) is 0.649. The molecule has 1 amide bonds. The Morgan fingerprint density at radius 2 is 1.54 bits per heavy atom. The number of ether oxygens (including phenoxy) is 1. The molecule has 0 radical (unpaired) electrons. The van der Waals surface area contributed by atoms with Gasteiger partial charge in [0.15, 0.2) is 0 Å². The number of hydrogen-bond acceptors (Lipinski definition) is 3. The van der Waals surface area contributed by atoms with Crippen LogP contribution in [-0.4, -0.2) is 35.2 Å². The molecule has 0 spiro atoms. The summed E-state index contributed by atoms with van der Waals surface area (Å²) in [5, 5.41) is 11.4. The number of nitrogens with zero attached hydrogens (tertiary/aromatic N) is 1. The number of methoxy groups -OCH3 is 1. The van der Waals surface area contributed by atoms with Crippen LogP contribution in [0.4, 0.5) is 0 Å². The van der Waals surface area contributed by atoms with Crippen LogP contribution >= 0.6 is 0 Å². The third-order valence-electron chi connectivity index (χ3n) is 10.6. The van der Waals surface area contributed by atoms with Gasteiger partial charge in [0.25, 0.3) is 0 Å². The molecule has 2 aliphatic rings. The van der Waals surface area contributed by atoms with Crippen molar-refractivity contribution in [2.45, 2.75) is 122 Å². The second-order valence-corrected chi connectivity index (χ2v) is 14.0. The van der Waals surface area contributed by atoms with Crippen molar-refractivity contribution >= 4 is 5.91 Å². The molecule has 2 aromatic carbocycles. The number of carbonyl (C=O) groups is 1. The monoisotopic (exact) mass is 561 g/mol. The van der Waals surface area contributed by atoms with E-state index in [0.29, 0.717) is 12.5 Å². The Kier molecular flexibility index (Phi) is 10.6. The molecular formula is C37H55NO3. The van der Waals surface area contributed by atoms with Crippen LogP contribution < -0.4 is 4.74 Å². The van der Waals surface area contributed by atoms with Crippen LogP contribution in [0.1, 0.15) is 116 Å². The van der Waals surface area contributed by atoms with Crippen LogP contribution in [0.25, 0.3) is 0 Å². The second kappa shape index (κ2) is 13.8. The van der Waals surface area contributed by atoms with Gasteiger partial charge < -0.3 is 14.7 Å². The molecule has 2 saturated carbocycles. The number of hydrogen-bond donors (Lipinski definition) is 1. The number of aliphatic hydroxyl groups is 1. The molecule has 0 heterocycles. The second-order valence-electron chi connectivity index (χ2n) is 14.0. The van der Waals surface area contributed by atoms with Gasteiger partial charge in [0.1, 0.15) is 5.75 Å². The molecule has 41 heavy (non-hydrogen) atoms. The predicted octanol–water partition coefficient (Wildman–Crippen LogP) is 8.70. The van der Waals surface area contributed by atoms with Crippen LogP contribution in [0, 0.1) is 17.3 Å². The molecule has 0 bridgehead atoms. The van der Waals surface area contributed by atoms with Gasteiger partial charge in [-0.05, 0) is 97.8 Å². The minimum atomic E-state index is -0.527. The predicted molar refractivity (Wildman–Crippen MR) is 169 cm³/mol. The van der Waals surface area contributed by atoms with Crippen LogP contribution in [0.3, 0.4) is 0 Å². The van der Waals surface area contributed by atoms with Crippen molar-refractivity contribution in [2.24, 2.45) is 17.3 Å². The molecule has 2 aromatic rings. The summed E-state index contributed by atoms with van der Waals surface area (Å²) in [7, 11) is 1.69. The molecular weight excluding hydrogens is 506 g/mol. The lowest BCUT2D eigenvalue weighted by Gasteiger charge is -2.50. The zero-order valence-electron chi connectivity index (χ0n) is 26.5. The van der Waals surface area contributed by atoms with Crippen molar-refractivity contribution in [3.8, 4) is 5.75 Å². The molecule has 1 unspecified atom stereocenters. The normalized spacial score (nSPS) is 24.8. The maximum Gasteiger partial charge on any atom is 0.225 e. The Bertz CT molecular complexity index is 1080. The van der Waals surface area contributed by atoms with Crippen molar-refractivity contribution in [2.75, 3.05) is 13.7 Å². The summed E-state index contributed by atoms with van der Waals surface area (Å²) < 4.78 is 5.37. The van der Waals surface area contributed by atoms with Gasteiger partial charge >= 0.3 is 0 Å². The first-order chi connectivity index (χ1) is 19.6. The lowest BCUT2D eigenvalue weighted by molar-refractivity contribution is -0.137. The number of rotatable bonds is 13. The zero-order chi connectivity index (χ0) is 29.5. The topological polar surface area (TPSA) is 49.8 Å². The molecule has 4 rings (SSSR count). The first-order valence-corrected chi connectivity index (χ1v) is 16.3. The Morgan fingerprint density at radius 3 is 2.10 bits per heavy atom. The van der Waals surface area contributed by atoms with Gasteiger partial charge in [0.2, 0.25) is 5.91 Å². The van der Waals surface area contributed by atoms with E-state index in [-0.39, 0.29) is 22.7 Å². The van der Waals surface area contributed by atoms with Crippen molar-refractivity contribution in [3.05, 3.63) is 65.7 Å². The lowest BCUT2D eigenvalue weighted by Crippen LogP contribution is -2.47. The van der Waals surface area contributed by atoms with Gasteiger partial charge in [-0.25, -0.2) is 0 Å². The standard InChI is InChI=1S/C37H55NO3/c1-6-30(4)26-36(32-12-8-7-9-13-32)23-20-35(21-24-36,22-25-37(40)18-10-11-19-37)28-38(34(39)29(2)3)27-31-14-16-33(41-5)17-15-31/h7-9,12-17,29-30,40H,6,10-11,18-28H2,1-5H3. The SMILES string of the molecule is CCC(C)CC1(c2ccccc2)CCC(CCC2(O)CCCC2)(CN(Cc2ccc(OC)cc2)C(=O)C(C)C)CC1. The van der Waals surface area contributed by atoms with Crippen molar-refractivity contribution in [3.63, 3.8) is 0 Å². The Labute approximate surface area is 249 Å². The summed E-state index contributed by atoms with van der Waals surface area (Å²) in [6.45, 7) is 10.1. The highest BCUT2D eigenvalue weighted by atomic mass is 16.5. The van der Waals surface area contributed by atoms with Crippen LogP contribution in [0.5, 0.6) is 5.75 Å². The van der Waals surface area contributed by atoms with Crippen molar-refractivity contribution in [1.82, 2.24) is 4.90 Å². The molecule has 4 nitrogen and oxygen atoms in total. The maximum atomic E-state index is 13.7. The quantitative estimate of drug-likeness (QED) is 0.266. The van der Waals surface area contributed by atoms with Crippen molar-refractivity contribution in [1.29, 1.82) is 0 Å². The van der Waals surface area contributed by atoms with E-state index in [1.807, 2.05) is 26.0 Å². The molecule has 2 fully saturated rings. The van der Waals surface area contributed by atoms with E-state index in [1.165, 1.54) is 18.4 Å². The highest BCUT2D eigenvalue weighted by Gasteiger charge is 2.46. The van der Waals surface area contributed by atoms with Gasteiger partial charge in [-0.1, -0.05) is 89.4 Å². The first kappa shape index (κ1) is 31.6. The molecule has 2 aliphatic carbocycles. The lowest BCUT2D eigenvalue weighted by atomic mass is 9.57. The maximum absolute atomic E-state index is 13.7. The minimum absolute atomic E-state index is 0.0169. The zero-order valence-corrected chi connectivity index (χ0v) is 26.5. The number of amides is 1. The average Bonchev–Trinajstić information content (AvgIpc) is 3.44. The summed E-state index contributed by atoms with van der Waals surface area (Å²) >= 11 is 0. The summed E-state index contributed by atoms with van der Waals surface area (Å²) in [4.78, 5) is 15.8. The van der Waals surface area contributed by atoms with E-state index < -0.39 is 5.60 Å². The van der Waals surface area contributed by atoms with E-state index in [2.05, 4.69) is 61.2 Å². The van der Waals surface area contributed by atoms with Crippen molar-refractivity contribution < 1.29 is 14.6 Å². The smallest absolute Gasteiger partial charge is 0.225 e. The fourth-order valence-electron chi connectivity index (χ4n) is 7.67. The van der Waals surface area contributed by atoms with E-state index in [9.17, 15) is 9.90 Å². The first-order valence-electron chi connectivity index (χ1n) is 16.3. The summed E-state index contributed by atoms with van der Waals surface area (Å²) in [5.74, 6) is 1.68. The Morgan fingerprint density at radius 1 is 0.902 bits per heavy atom. The highest BCUT2D eigenvalue weighted by Crippen LogP contribution is 2.53. The van der Waals surface area contributed by atoms with Gasteiger partial charge in [0, 0.05) is 19.0 Å². The molecule has 0 saturated heterocycles. The third-order valence-corrected chi connectivity index (χ3v) is 10.6. The average molecular weight is 562 g/mol. The number of benzene rings is 2. The van der Waals surface area contributed by atoms with Gasteiger partial charge in [0.05, 0.1) is 12.7 Å². The Hall–Kier alpha value is -2.33. The van der Waals surface area contributed by atoms with E-state index >= 15 is 0 Å². The van der Waals surface area contributed by atoms with E-state index in [4.69, 9.17) is 4.74 Å². The van der Waals surface area contributed by atoms with E-state index in [1.54, 1.807) is 7.11 Å². The summed E-state index contributed by atoms with van der Waals surface area (Å²) in [5.41, 5.74) is 2.30. The molecule has 1 atom stereocenters. The molecule has 226 valence electrons. The minimum Gasteiger partial charge on any atom is -0.497 e. The molecule has 0 aromatic heterocycles. The number of carbonyl (C=O) groups excluding carboxylic acids is 1. The van der Waals surface area contributed by atoms with E-state index in [0.717, 1.165) is 82.1 Å². The molecule has 1 N–H and O–H groups in total. The highest BCUT2D eigenvalue weighted by molar-refractivity contribution is 5.78.